The Morgan fingerprint density at radius 3 is 2.78 bits per heavy atom. The second-order valence-corrected chi connectivity index (χ2v) is 8.79. The van der Waals surface area contributed by atoms with Gasteiger partial charge in [0.15, 0.2) is 0 Å². The van der Waals surface area contributed by atoms with Crippen LogP contribution in [0.15, 0.2) is 0 Å². The first-order valence-corrected chi connectivity index (χ1v) is 10.7. The van der Waals surface area contributed by atoms with Crippen molar-refractivity contribution in [2.24, 2.45) is 5.92 Å². The Kier molecular flexibility index (Phi) is 5.92. The van der Waals surface area contributed by atoms with Gasteiger partial charge in [-0.1, -0.05) is 0 Å². The zero-order valence-corrected chi connectivity index (χ0v) is 15.7. The highest BCUT2D eigenvalue weighted by Gasteiger charge is 2.42. The molecule has 2 heterocycles. The van der Waals surface area contributed by atoms with Crippen molar-refractivity contribution in [3.05, 3.63) is 0 Å². The van der Waals surface area contributed by atoms with Gasteiger partial charge in [0.05, 0.1) is 0 Å². The Labute approximate surface area is 145 Å². The number of amides is 1. The van der Waals surface area contributed by atoms with E-state index in [-0.39, 0.29) is 5.54 Å². The summed E-state index contributed by atoms with van der Waals surface area (Å²) in [5, 5.41) is 0. The van der Waals surface area contributed by atoms with Gasteiger partial charge >= 0.3 is 0 Å². The Balaban J connectivity index is 1.60. The molecule has 0 aromatic carbocycles. The fourth-order valence-electron chi connectivity index (χ4n) is 4.20. The Hall–Kier alpha value is -0.260. The Bertz CT molecular complexity index is 415. The molecule has 3 rings (SSSR count). The molecule has 5 heteroatoms. The summed E-state index contributed by atoms with van der Waals surface area (Å²) in [5.41, 5.74) is 0.228. The van der Waals surface area contributed by atoms with E-state index in [4.69, 9.17) is 0 Å². The topological polar surface area (TPSA) is 26.8 Å². The van der Waals surface area contributed by atoms with Gasteiger partial charge in [-0.3, -0.25) is 9.69 Å². The molecule has 2 saturated heterocycles. The molecule has 1 spiro atoms. The Morgan fingerprint density at radius 1 is 1.22 bits per heavy atom. The summed E-state index contributed by atoms with van der Waals surface area (Å²) in [7, 11) is 2.28. The molecule has 1 atom stereocenters. The molecule has 3 aliphatic rings. The van der Waals surface area contributed by atoms with Crippen molar-refractivity contribution in [1.29, 1.82) is 0 Å². The van der Waals surface area contributed by atoms with Crippen LogP contribution in [0.5, 0.6) is 0 Å². The lowest BCUT2D eigenvalue weighted by molar-refractivity contribution is -0.131. The quantitative estimate of drug-likeness (QED) is 0.693. The Morgan fingerprint density at radius 2 is 2.04 bits per heavy atom. The summed E-state index contributed by atoms with van der Waals surface area (Å²) in [6.07, 6.45) is 9.08. The predicted octanol–water partition coefficient (Wildman–Crippen LogP) is 2.15. The summed E-state index contributed by atoms with van der Waals surface area (Å²) in [4.78, 5) is 19.9. The number of hydrogen-bond donors (Lipinski definition) is 0. The number of rotatable bonds is 6. The van der Waals surface area contributed by atoms with Gasteiger partial charge in [0, 0.05) is 44.7 Å². The molecule has 3 fully saturated rings. The third kappa shape index (κ3) is 4.43. The minimum atomic E-state index is 0.228. The van der Waals surface area contributed by atoms with Crippen LogP contribution < -0.4 is 0 Å². The average molecular weight is 340 g/mol. The van der Waals surface area contributed by atoms with E-state index in [1.807, 2.05) is 11.8 Å². The van der Waals surface area contributed by atoms with Crippen LogP contribution in [0, 0.1) is 5.92 Å². The van der Waals surface area contributed by atoms with Crippen LogP contribution in [0.4, 0.5) is 0 Å². The van der Waals surface area contributed by atoms with Crippen molar-refractivity contribution in [1.82, 2.24) is 14.7 Å². The maximum Gasteiger partial charge on any atom is 0.222 e. The number of likely N-dealkylation sites (tertiary alicyclic amines) is 1. The van der Waals surface area contributed by atoms with Gasteiger partial charge in [-0.2, -0.15) is 11.8 Å². The number of hydrogen-bond acceptors (Lipinski definition) is 4. The molecule has 132 valence electrons. The molecule has 23 heavy (non-hydrogen) atoms. The highest BCUT2D eigenvalue weighted by Crippen LogP contribution is 2.35. The molecule has 0 radical (unpaired) electrons. The smallest absolute Gasteiger partial charge is 0.222 e. The van der Waals surface area contributed by atoms with Gasteiger partial charge in [-0.05, 0) is 63.6 Å². The second-order valence-electron chi connectivity index (χ2n) is 7.80. The molecule has 0 unspecified atom stereocenters. The fraction of sp³-hybridized carbons (Fsp3) is 0.944. The summed E-state index contributed by atoms with van der Waals surface area (Å²) in [6, 6.07) is 0. The maximum absolute atomic E-state index is 12.5. The van der Waals surface area contributed by atoms with Crippen molar-refractivity contribution >= 4 is 17.7 Å². The molecule has 0 N–H and O–H groups in total. The van der Waals surface area contributed by atoms with Gasteiger partial charge in [0.1, 0.15) is 0 Å². The largest absolute Gasteiger partial charge is 0.342 e. The van der Waals surface area contributed by atoms with Crippen LogP contribution in [0.1, 0.15) is 38.5 Å². The molecule has 1 saturated carbocycles. The molecule has 0 bridgehead atoms. The molecule has 0 aromatic rings. The zero-order valence-electron chi connectivity index (χ0n) is 14.9. The van der Waals surface area contributed by atoms with Crippen molar-refractivity contribution < 1.29 is 4.79 Å². The van der Waals surface area contributed by atoms with Crippen molar-refractivity contribution in [2.45, 2.75) is 44.1 Å². The second kappa shape index (κ2) is 7.75. The van der Waals surface area contributed by atoms with E-state index in [2.05, 4.69) is 28.0 Å². The molecule has 2 aliphatic heterocycles. The van der Waals surface area contributed by atoms with E-state index >= 15 is 0 Å². The molecule has 0 aromatic heterocycles. The molecule has 1 aliphatic carbocycles. The van der Waals surface area contributed by atoms with Gasteiger partial charge in [-0.15, -0.1) is 0 Å². The first-order chi connectivity index (χ1) is 11.1. The minimum Gasteiger partial charge on any atom is -0.342 e. The van der Waals surface area contributed by atoms with Crippen LogP contribution >= 0.6 is 11.8 Å². The predicted molar refractivity (Wildman–Crippen MR) is 98.0 cm³/mol. The third-order valence-electron chi connectivity index (χ3n) is 6.08. The first-order valence-electron chi connectivity index (χ1n) is 9.33. The molecular weight excluding hydrogens is 306 g/mol. The van der Waals surface area contributed by atoms with E-state index in [9.17, 15) is 4.79 Å². The maximum atomic E-state index is 12.5. The lowest BCUT2D eigenvalue weighted by Crippen LogP contribution is -2.61. The van der Waals surface area contributed by atoms with Gasteiger partial charge < -0.3 is 9.80 Å². The standard InChI is InChI=1S/C18H33N3OS/c1-19-11-12-20(9-3-13-23-2)15-18(19)7-6-17(22)21(10-8-18)14-16-4-5-16/h16H,3-15H2,1-2H3/t18-/m0/s1. The van der Waals surface area contributed by atoms with E-state index in [1.165, 1.54) is 38.1 Å². The van der Waals surface area contributed by atoms with Gasteiger partial charge in [-0.25, -0.2) is 0 Å². The summed E-state index contributed by atoms with van der Waals surface area (Å²) in [5.74, 6) is 2.47. The third-order valence-corrected chi connectivity index (χ3v) is 6.78. The zero-order chi connectivity index (χ0) is 16.3. The lowest BCUT2D eigenvalue weighted by atomic mass is 9.86. The monoisotopic (exact) mass is 339 g/mol. The molecule has 4 nitrogen and oxygen atoms in total. The fourth-order valence-corrected chi connectivity index (χ4v) is 4.62. The number of piperazine rings is 1. The minimum absolute atomic E-state index is 0.228. The molecular formula is C18H33N3OS. The summed E-state index contributed by atoms with van der Waals surface area (Å²) >= 11 is 1.94. The van der Waals surface area contributed by atoms with E-state index < -0.39 is 0 Å². The molecule has 1 amide bonds. The first kappa shape index (κ1) is 17.6. The number of carbonyl (C=O) groups is 1. The highest BCUT2D eigenvalue weighted by molar-refractivity contribution is 7.98. The van der Waals surface area contributed by atoms with Crippen LogP contribution in [0.25, 0.3) is 0 Å². The van der Waals surface area contributed by atoms with Crippen LogP contribution in [-0.4, -0.2) is 84.5 Å². The van der Waals surface area contributed by atoms with Crippen LogP contribution in [0.3, 0.4) is 0 Å². The summed E-state index contributed by atoms with van der Waals surface area (Å²) in [6.45, 7) is 6.70. The SMILES string of the molecule is CSCCCN1CCN(C)[C@]2(CCC(=O)N(CC3CC3)CC2)C1. The van der Waals surface area contributed by atoms with Crippen molar-refractivity contribution in [3.8, 4) is 0 Å². The van der Waals surface area contributed by atoms with Crippen molar-refractivity contribution in [2.75, 3.05) is 58.3 Å². The van der Waals surface area contributed by atoms with Gasteiger partial charge in [0.2, 0.25) is 5.91 Å². The van der Waals surface area contributed by atoms with E-state index in [1.54, 1.807) is 0 Å². The lowest BCUT2D eigenvalue weighted by Gasteiger charge is -2.49. The number of thioether (sulfide) groups is 1. The average Bonchev–Trinajstić information content (AvgIpc) is 3.37. The van der Waals surface area contributed by atoms with Crippen LogP contribution in [0.2, 0.25) is 0 Å². The van der Waals surface area contributed by atoms with E-state index in [0.29, 0.717) is 5.91 Å². The highest BCUT2D eigenvalue weighted by atomic mass is 32.2. The van der Waals surface area contributed by atoms with Crippen molar-refractivity contribution in [3.63, 3.8) is 0 Å². The van der Waals surface area contributed by atoms with E-state index in [0.717, 1.165) is 51.4 Å². The number of likely N-dealkylation sites (N-methyl/N-ethyl adjacent to an activating group) is 1. The number of carbonyl (C=O) groups excluding carboxylic acids is 1. The van der Waals surface area contributed by atoms with Crippen LogP contribution in [-0.2, 0) is 4.79 Å². The summed E-state index contributed by atoms with van der Waals surface area (Å²) < 4.78 is 0. The number of nitrogens with zero attached hydrogens (tertiary/aromatic N) is 3. The normalized spacial score (nSPS) is 30.9. The van der Waals surface area contributed by atoms with Gasteiger partial charge in [0.25, 0.3) is 0 Å².